The van der Waals surface area contributed by atoms with Crippen LogP contribution in [0.25, 0.3) is 33.7 Å². The Bertz CT molecular complexity index is 1440. The second kappa shape index (κ2) is 6.95. The van der Waals surface area contributed by atoms with Crippen LogP contribution in [0.15, 0.2) is 69.9 Å². The SMILES string of the molecule is O=c1c(=Cc2ccc(-c3ccc(F)cc3)o2)sc2nc(-c3ccc(Cl)cc3)nn12. The smallest absolute Gasteiger partial charge is 0.291 e. The Hall–Kier alpha value is -3.29. The second-order valence-corrected chi connectivity index (χ2v) is 7.71. The van der Waals surface area contributed by atoms with E-state index in [0.717, 1.165) is 11.1 Å². The first-order valence-electron chi connectivity index (χ1n) is 8.60. The van der Waals surface area contributed by atoms with Crippen molar-refractivity contribution in [2.24, 2.45) is 0 Å². The van der Waals surface area contributed by atoms with Gasteiger partial charge in [-0.05, 0) is 60.7 Å². The van der Waals surface area contributed by atoms with Gasteiger partial charge >= 0.3 is 0 Å². The Morgan fingerprint density at radius 1 is 1.00 bits per heavy atom. The Balaban J connectivity index is 1.51. The molecule has 0 fully saturated rings. The molecule has 0 spiro atoms. The van der Waals surface area contributed by atoms with E-state index < -0.39 is 0 Å². The number of rotatable bonds is 3. The van der Waals surface area contributed by atoms with Gasteiger partial charge in [-0.25, -0.2) is 4.39 Å². The molecular weight excluding hydrogens is 413 g/mol. The average Bonchev–Trinajstić information content (AvgIpc) is 3.41. The average molecular weight is 424 g/mol. The summed E-state index contributed by atoms with van der Waals surface area (Å²) in [5, 5.41) is 4.93. The van der Waals surface area contributed by atoms with E-state index in [4.69, 9.17) is 16.0 Å². The number of nitrogens with zero attached hydrogens (tertiary/aromatic N) is 3. The van der Waals surface area contributed by atoms with Crippen LogP contribution in [0, 0.1) is 5.82 Å². The lowest BCUT2D eigenvalue weighted by molar-refractivity contribution is 0.571. The molecule has 142 valence electrons. The molecule has 2 aromatic carbocycles. The number of benzene rings is 2. The minimum absolute atomic E-state index is 0.266. The van der Waals surface area contributed by atoms with Gasteiger partial charge in [0, 0.05) is 22.2 Å². The summed E-state index contributed by atoms with van der Waals surface area (Å²) in [6.07, 6.45) is 1.65. The second-order valence-electron chi connectivity index (χ2n) is 6.26. The van der Waals surface area contributed by atoms with Gasteiger partial charge in [-0.15, -0.1) is 5.10 Å². The maximum Gasteiger partial charge on any atom is 0.291 e. The molecule has 0 aliphatic rings. The molecule has 0 bridgehead atoms. The van der Waals surface area contributed by atoms with Crippen molar-refractivity contribution < 1.29 is 8.81 Å². The third-order valence-electron chi connectivity index (χ3n) is 4.31. The standard InChI is InChI=1S/C21H11ClFN3O2S/c22-14-5-1-13(2-6-14)19-24-21-26(25-19)20(27)18(29-21)11-16-9-10-17(28-16)12-3-7-15(23)8-4-12/h1-11H. The topological polar surface area (TPSA) is 60.4 Å². The van der Waals surface area contributed by atoms with Gasteiger partial charge in [-0.3, -0.25) is 4.79 Å². The molecule has 0 N–H and O–H groups in total. The molecule has 3 aromatic heterocycles. The number of aromatic nitrogens is 3. The van der Waals surface area contributed by atoms with Gasteiger partial charge in [0.15, 0.2) is 5.82 Å². The molecule has 5 rings (SSSR count). The van der Waals surface area contributed by atoms with Crippen LogP contribution in [-0.4, -0.2) is 14.6 Å². The van der Waals surface area contributed by atoms with E-state index in [1.807, 2.05) is 0 Å². The first-order chi connectivity index (χ1) is 14.1. The normalized spacial score (nSPS) is 12.1. The quantitative estimate of drug-likeness (QED) is 0.431. The molecule has 0 aliphatic carbocycles. The predicted octanol–water partition coefficient (Wildman–Crippen LogP) is 4.42. The number of fused-ring (bicyclic) bond motifs is 1. The first kappa shape index (κ1) is 17.8. The molecule has 29 heavy (non-hydrogen) atoms. The van der Waals surface area contributed by atoms with Crippen molar-refractivity contribution in [2.75, 3.05) is 0 Å². The highest BCUT2D eigenvalue weighted by atomic mass is 35.5. The van der Waals surface area contributed by atoms with Gasteiger partial charge in [0.25, 0.3) is 5.56 Å². The first-order valence-corrected chi connectivity index (χ1v) is 9.79. The Kier molecular flexibility index (Phi) is 4.26. The lowest BCUT2D eigenvalue weighted by Gasteiger charge is -1.95. The summed E-state index contributed by atoms with van der Waals surface area (Å²) in [6, 6.07) is 16.7. The molecule has 0 atom stereocenters. The zero-order valence-corrected chi connectivity index (χ0v) is 16.2. The number of hydrogen-bond donors (Lipinski definition) is 0. The van der Waals surface area contributed by atoms with Crippen LogP contribution in [0.2, 0.25) is 5.02 Å². The molecule has 0 unspecified atom stereocenters. The van der Waals surface area contributed by atoms with Gasteiger partial charge in [-0.1, -0.05) is 22.9 Å². The summed E-state index contributed by atoms with van der Waals surface area (Å²) in [4.78, 5) is 17.6. The maximum atomic E-state index is 13.1. The zero-order chi connectivity index (χ0) is 20.0. The maximum absolute atomic E-state index is 13.1. The molecule has 0 radical (unpaired) electrons. The van der Waals surface area contributed by atoms with E-state index in [-0.39, 0.29) is 11.4 Å². The summed E-state index contributed by atoms with van der Waals surface area (Å²) in [7, 11) is 0. The van der Waals surface area contributed by atoms with Gasteiger partial charge < -0.3 is 4.42 Å². The van der Waals surface area contributed by atoms with Crippen molar-refractivity contribution in [3.8, 4) is 22.7 Å². The number of halogens is 2. The van der Waals surface area contributed by atoms with Crippen LogP contribution < -0.4 is 10.1 Å². The van der Waals surface area contributed by atoms with E-state index in [9.17, 15) is 9.18 Å². The highest BCUT2D eigenvalue weighted by molar-refractivity contribution is 7.15. The Labute approximate surface area is 172 Å². The third-order valence-corrected chi connectivity index (χ3v) is 5.52. The molecule has 5 nitrogen and oxygen atoms in total. The van der Waals surface area contributed by atoms with Crippen LogP contribution in [0.4, 0.5) is 4.39 Å². The molecular formula is C21H11ClFN3O2S. The van der Waals surface area contributed by atoms with Gasteiger partial charge in [-0.2, -0.15) is 9.50 Å². The number of hydrogen-bond acceptors (Lipinski definition) is 5. The third kappa shape index (κ3) is 3.35. The van der Waals surface area contributed by atoms with Crippen molar-refractivity contribution in [3.63, 3.8) is 0 Å². The van der Waals surface area contributed by atoms with E-state index in [1.165, 1.54) is 28.0 Å². The monoisotopic (exact) mass is 423 g/mol. The lowest BCUT2D eigenvalue weighted by atomic mass is 10.2. The van der Waals surface area contributed by atoms with Crippen molar-refractivity contribution >= 4 is 34.0 Å². The minimum atomic E-state index is -0.310. The van der Waals surface area contributed by atoms with E-state index in [2.05, 4.69) is 10.1 Å². The van der Waals surface area contributed by atoms with Gasteiger partial charge in [0.1, 0.15) is 21.9 Å². The van der Waals surface area contributed by atoms with Crippen molar-refractivity contribution in [2.45, 2.75) is 0 Å². The molecule has 0 amide bonds. The molecule has 3 heterocycles. The fourth-order valence-corrected chi connectivity index (χ4v) is 3.90. The summed E-state index contributed by atoms with van der Waals surface area (Å²) in [6.45, 7) is 0. The largest absolute Gasteiger partial charge is 0.457 e. The van der Waals surface area contributed by atoms with E-state index in [0.29, 0.717) is 31.9 Å². The van der Waals surface area contributed by atoms with Crippen molar-refractivity contribution in [3.05, 3.63) is 92.1 Å². The van der Waals surface area contributed by atoms with Crippen LogP contribution in [0.5, 0.6) is 0 Å². The van der Waals surface area contributed by atoms with Gasteiger partial charge in [0.2, 0.25) is 4.96 Å². The molecule has 0 saturated carbocycles. The van der Waals surface area contributed by atoms with Crippen LogP contribution in [0.1, 0.15) is 5.76 Å². The van der Waals surface area contributed by atoms with E-state index in [1.54, 1.807) is 54.6 Å². The highest BCUT2D eigenvalue weighted by Crippen LogP contribution is 2.23. The predicted molar refractivity (Wildman–Crippen MR) is 110 cm³/mol. The van der Waals surface area contributed by atoms with Crippen LogP contribution in [-0.2, 0) is 0 Å². The fourth-order valence-electron chi connectivity index (χ4n) is 2.88. The van der Waals surface area contributed by atoms with Crippen LogP contribution >= 0.6 is 22.9 Å². The van der Waals surface area contributed by atoms with Gasteiger partial charge in [0.05, 0.1) is 0 Å². The summed E-state index contributed by atoms with van der Waals surface area (Å²) < 4.78 is 20.6. The lowest BCUT2D eigenvalue weighted by Crippen LogP contribution is -2.23. The molecule has 0 aliphatic heterocycles. The van der Waals surface area contributed by atoms with Crippen LogP contribution in [0.3, 0.4) is 0 Å². The number of thiazole rings is 1. The molecule has 5 aromatic rings. The fraction of sp³-hybridized carbons (Fsp3) is 0. The van der Waals surface area contributed by atoms with Crippen molar-refractivity contribution in [1.82, 2.24) is 14.6 Å². The summed E-state index contributed by atoms with van der Waals surface area (Å²) in [5.41, 5.74) is 1.27. The molecule has 8 heteroatoms. The molecule has 0 saturated heterocycles. The van der Waals surface area contributed by atoms with E-state index >= 15 is 0 Å². The highest BCUT2D eigenvalue weighted by Gasteiger charge is 2.12. The summed E-state index contributed by atoms with van der Waals surface area (Å²) in [5.74, 6) is 1.26. The van der Waals surface area contributed by atoms with Crippen molar-refractivity contribution in [1.29, 1.82) is 0 Å². The summed E-state index contributed by atoms with van der Waals surface area (Å²) >= 11 is 7.13. The Morgan fingerprint density at radius 3 is 2.45 bits per heavy atom. The number of furan rings is 1. The zero-order valence-electron chi connectivity index (χ0n) is 14.7. The Morgan fingerprint density at radius 2 is 1.72 bits per heavy atom. The minimum Gasteiger partial charge on any atom is -0.457 e.